The van der Waals surface area contributed by atoms with Gasteiger partial charge in [0.05, 0.1) is 0 Å². The third-order valence-electron chi connectivity index (χ3n) is 2.23. The van der Waals surface area contributed by atoms with E-state index in [1.165, 1.54) is 0 Å². The molecule has 0 aromatic carbocycles. The van der Waals surface area contributed by atoms with E-state index in [-0.39, 0.29) is 5.91 Å². The van der Waals surface area contributed by atoms with Crippen molar-refractivity contribution in [1.29, 1.82) is 0 Å². The zero-order valence-corrected chi connectivity index (χ0v) is 7.85. The fourth-order valence-electron chi connectivity index (χ4n) is 1.38. The summed E-state index contributed by atoms with van der Waals surface area (Å²) in [6, 6.07) is 0. The molecular formula is C9H17NO2. The lowest BCUT2D eigenvalue weighted by Gasteiger charge is -2.21. The molecule has 1 heterocycles. The number of hydrogen-bond donors (Lipinski definition) is 1. The molecule has 1 N–H and O–H groups in total. The first kappa shape index (κ1) is 9.52. The highest BCUT2D eigenvalue weighted by molar-refractivity contribution is 5.84. The summed E-state index contributed by atoms with van der Waals surface area (Å²) in [4.78, 5) is 11.5. The van der Waals surface area contributed by atoms with Crippen LogP contribution in [0.5, 0.6) is 0 Å². The van der Waals surface area contributed by atoms with Crippen LogP contribution in [0, 0.1) is 0 Å². The maximum Gasteiger partial charge on any atom is 0.251 e. The molecule has 0 aromatic heterocycles. The zero-order chi connectivity index (χ0) is 9.03. The average molecular weight is 171 g/mol. The highest BCUT2D eigenvalue weighted by Gasteiger charge is 2.37. The van der Waals surface area contributed by atoms with E-state index in [0.717, 1.165) is 32.4 Å². The maximum absolute atomic E-state index is 11.5. The number of ether oxygens (including phenoxy) is 1. The van der Waals surface area contributed by atoms with Crippen molar-refractivity contribution in [1.82, 2.24) is 5.32 Å². The Morgan fingerprint density at radius 3 is 2.92 bits per heavy atom. The van der Waals surface area contributed by atoms with Crippen molar-refractivity contribution in [2.24, 2.45) is 0 Å². The summed E-state index contributed by atoms with van der Waals surface area (Å²) in [5, 5.41) is 2.85. The van der Waals surface area contributed by atoms with E-state index in [9.17, 15) is 4.79 Å². The number of rotatable bonds is 3. The van der Waals surface area contributed by atoms with E-state index < -0.39 is 5.60 Å². The monoisotopic (exact) mass is 171 g/mol. The average Bonchev–Trinajstić information content (AvgIpc) is 2.49. The Morgan fingerprint density at radius 1 is 1.67 bits per heavy atom. The zero-order valence-electron chi connectivity index (χ0n) is 7.85. The van der Waals surface area contributed by atoms with Gasteiger partial charge in [0.1, 0.15) is 5.60 Å². The quantitative estimate of drug-likeness (QED) is 0.690. The third kappa shape index (κ3) is 1.97. The molecule has 1 amide bonds. The largest absolute Gasteiger partial charge is 0.365 e. The molecule has 1 aliphatic heterocycles. The SMILES string of the molecule is CCCNC(=O)C1(C)CCCO1. The van der Waals surface area contributed by atoms with Gasteiger partial charge in [0.25, 0.3) is 5.91 Å². The predicted molar refractivity (Wildman–Crippen MR) is 46.9 cm³/mol. The lowest BCUT2D eigenvalue weighted by atomic mass is 10.0. The number of carbonyl (C=O) groups is 1. The lowest BCUT2D eigenvalue weighted by Crippen LogP contribution is -2.44. The Balaban J connectivity index is 2.39. The number of hydrogen-bond acceptors (Lipinski definition) is 2. The summed E-state index contributed by atoms with van der Waals surface area (Å²) in [5.74, 6) is 0.0434. The molecule has 0 saturated carbocycles. The molecule has 0 spiro atoms. The normalized spacial score (nSPS) is 28.8. The first-order valence-electron chi connectivity index (χ1n) is 4.61. The van der Waals surface area contributed by atoms with Gasteiger partial charge in [-0.2, -0.15) is 0 Å². The number of amides is 1. The van der Waals surface area contributed by atoms with Gasteiger partial charge in [0, 0.05) is 13.2 Å². The van der Waals surface area contributed by atoms with Crippen LogP contribution in [0.4, 0.5) is 0 Å². The minimum absolute atomic E-state index is 0.0434. The van der Waals surface area contributed by atoms with Gasteiger partial charge in [0.2, 0.25) is 0 Å². The second-order valence-electron chi connectivity index (χ2n) is 3.44. The van der Waals surface area contributed by atoms with Crippen LogP contribution in [-0.4, -0.2) is 24.7 Å². The third-order valence-corrected chi connectivity index (χ3v) is 2.23. The van der Waals surface area contributed by atoms with Crippen LogP contribution in [-0.2, 0) is 9.53 Å². The maximum atomic E-state index is 11.5. The van der Waals surface area contributed by atoms with Gasteiger partial charge >= 0.3 is 0 Å². The molecule has 0 bridgehead atoms. The second-order valence-corrected chi connectivity index (χ2v) is 3.44. The van der Waals surface area contributed by atoms with Crippen LogP contribution < -0.4 is 5.32 Å². The van der Waals surface area contributed by atoms with Crippen LogP contribution in [0.3, 0.4) is 0 Å². The summed E-state index contributed by atoms with van der Waals surface area (Å²) >= 11 is 0. The fraction of sp³-hybridized carbons (Fsp3) is 0.889. The first-order chi connectivity index (χ1) is 5.69. The predicted octanol–water partition coefficient (Wildman–Crippen LogP) is 1.08. The number of nitrogens with one attached hydrogen (secondary N) is 1. The molecule has 70 valence electrons. The van der Waals surface area contributed by atoms with Gasteiger partial charge in [-0.25, -0.2) is 0 Å². The summed E-state index contributed by atoms with van der Waals surface area (Å²) in [5.41, 5.74) is -0.546. The van der Waals surface area contributed by atoms with Crippen LogP contribution in [0.1, 0.15) is 33.1 Å². The molecular weight excluding hydrogens is 154 g/mol. The summed E-state index contributed by atoms with van der Waals surface area (Å²) in [7, 11) is 0. The highest BCUT2D eigenvalue weighted by Crippen LogP contribution is 2.24. The fourth-order valence-corrected chi connectivity index (χ4v) is 1.38. The molecule has 3 heteroatoms. The Morgan fingerprint density at radius 2 is 2.42 bits per heavy atom. The standard InChI is InChI=1S/C9H17NO2/c1-3-6-10-8(11)9(2)5-4-7-12-9/h3-7H2,1-2H3,(H,10,11). The topological polar surface area (TPSA) is 38.3 Å². The Labute approximate surface area is 73.5 Å². The van der Waals surface area contributed by atoms with E-state index in [4.69, 9.17) is 4.74 Å². The van der Waals surface area contributed by atoms with E-state index >= 15 is 0 Å². The van der Waals surface area contributed by atoms with Gasteiger partial charge in [-0.05, 0) is 26.2 Å². The Kier molecular flexibility index (Phi) is 3.09. The first-order valence-corrected chi connectivity index (χ1v) is 4.61. The van der Waals surface area contributed by atoms with Crippen molar-refractivity contribution in [2.75, 3.05) is 13.2 Å². The van der Waals surface area contributed by atoms with Crippen molar-refractivity contribution in [3.05, 3.63) is 0 Å². The highest BCUT2D eigenvalue weighted by atomic mass is 16.5. The van der Waals surface area contributed by atoms with Crippen molar-refractivity contribution in [3.63, 3.8) is 0 Å². The molecule has 0 radical (unpaired) electrons. The Hall–Kier alpha value is -0.570. The summed E-state index contributed by atoms with van der Waals surface area (Å²) in [6.07, 6.45) is 2.82. The van der Waals surface area contributed by atoms with Crippen molar-refractivity contribution in [3.8, 4) is 0 Å². The van der Waals surface area contributed by atoms with Crippen LogP contribution in [0.2, 0.25) is 0 Å². The van der Waals surface area contributed by atoms with Gasteiger partial charge in [-0.3, -0.25) is 4.79 Å². The molecule has 1 atom stereocenters. The van der Waals surface area contributed by atoms with Crippen molar-refractivity contribution < 1.29 is 9.53 Å². The molecule has 0 aliphatic carbocycles. The minimum Gasteiger partial charge on any atom is -0.365 e. The van der Waals surface area contributed by atoms with Crippen molar-refractivity contribution in [2.45, 2.75) is 38.7 Å². The van der Waals surface area contributed by atoms with E-state index in [1.54, 1.807) is 0 Å². The lowest BCUT2D eigenvalue weighted by molar-refractivity contribution is -0.139. The Bertz CT molecular complexity index is 162. The molecule has 1 unspecified atom stereocenters. The van der Waals surface area contributed by atoms with Crippen molar-refractivity contribution >= 4 is 5.91 Å². The molecule has 1 aliphatic rings. The van der Waals surface area contributed by atoms with E-state index in [0.29, 0.717) is 0 Å². The number of carbonyl (C=O) groups excluding carboxylic acids is 1. The molecule has 1 saturated heterocycles. The van der Waals surface area contributed by atoms with Crippen LogP contribution in [0.25, 0.3) is 0 Å². The van der Waals surface area contributed by atoms with Gasteiger partial charge in [-0.15, -0.1) is 0 Å². The van der Waals surface area contributed by atoms with Gasteiger partial charge in [0.15, 0.2) is 0 Å². The smallest absolute Gasteiger partial charge is 0.251 e. The summed E-state index contributed by atoms with van der Waals surface area (Å²) in [6.45, 7) is 5.37. The van der Waals surface area contributed by atoms with Gasteiger partial charge in [-0.1, -0.05) is 6.92 Å². The summed E-state index contributed by atoms with van der Waals surface area (Å²) < 4.78 is 5.39. The molecule has 1 fully saturated rings. The van der Waals surface area contributed by atoms with Gasteiger partial charge < -0.3 is 10.1 Å². The molecule has 1 rings (SSSR count). The minimum atomic E-state index is -0.546. The van der Waals surface area contributed by atoms with E-state index in [1.807, 2.05) is 13.8 Å². The molecule has 12 heavy (non-hydrogen) atoms. The molecule has 3 nitrogen and oxygen atoms in total. The second kappa shape index (κ2) is 3.90. The van der Waals surface area contributed by atoms with Crippen LogP contribution in [0.15, 0.2) is 0 Å². The molecule has 0 aromatic rings. The van der Waals surface area contributed by atoms with E-state index in [2.05, 4.69) is 5.32 Å². The van der Waals surface area contributed by atoms with Crippen LogP contribution >= 0.6 is 0 Å².